The smallest absolute Gasteiger partial charge is 0.305 e. The number of nitrogens with one attached hydrogen (secondary N) is 2. The molecule has 2 N–H and O–H groups in total. The Morgan fingerprint density at radius 1 is 1.45 bits per heavy atom. The van der Waals surface area contributed by atoms with Crippen molar-refractivity contribution in [2.24, 2.45) is 0 Å². The van der Waals surface area contributed by atoms with Gasteiger partial charge in [0.2, 0.25) is 0 Å². The summed E-state index contributed by atoms with van der Waals surface area (Å²) in [6.45, 7) is 0.856. The first-order chi connectivity index (χ1) is 9.70. The molecule has 20 heavy (non-hydrogen) atoms. The number of benzene rings is 1. The first-order valence-corrected chi connectivity index (χ1v) is 6.55. The molecule has 0 saturated heterocycles. The number of methoxy groups -OCH3 is 1. The van der Waals surface area contributed by atoms with Crippen LogP contribution in [-0.2, 0) is 14.3 Å². The second-order valence-corrected chi connectivity index (χ2v) is 4.45. The standard InChI is InChI=1S/C14H18N2O4/c1-19-13(17)7-4-8-15-14(18)12-9-16-10-5-2-3-6-11(10)20-12/h2-3,5-6,12,16H,4,7-9H2,1H3,(H,15,18). The number of hydrogen-bond acceptors (Lipinski definition) is 5. The van der Waals surface area contributed by atoms with Gasteiger partial charge in [-0.3, -0.25) is 9.59 Å². The van der Waals surface area contributed by atoms with Crippen molar-refractivity contribution in [2.75, 3.05) is 25.5 Å². The van der Waals surface area contributed by atoms with Crippen LogP contribution in [0.25, 0.3) is 0 Å². The second-order valence-electron chi connectivity index (χ2n) is 4.45. The van der Waals surface area contributed by atoms with Gasteiger partial charge in [-0.2, -0.15) is 0 Å². The number of carbonyl (C=O) groups is 2. The number of para-hydroxylation sites is 2. The van der Waals surface area contributed by atoms with E-state index in [9.17, 15) is 9.59 Å². The fraction of sp³-hybridized carbons (Fsp3) is 0.429. The minimum atomic E-state index is -0.553. The molecule has 1 atom stereocenters. The zero-order chi connectivity index (χ0) is 14.4. The summed E-state index contributed by atoms with van der Waals surface area (Å²) in [6, 6.07) is 7.48. The Morgan fingerprint density at radius 2 is 2.25 bits per heavy atom. The number of anilines is 1. The predicted octanol–water partition coefficient (Wildman–Crippen LogP) is 0.929. The molecule has 1 aromatic carbocycles. The fourth-order valence-electron chi connectivity index (χ4n) is 1.92. The molecule has 0 spiro atoms. The lowest BCUT2D eigenvalue weighted by atomic mass is 10.2. The molecule has 1 aromatic rings. The van der Waals surface area contributed by atoms with E-state index in [0.717, 1.165) is 5.69 Å². The number of carbonyl (C=O) groups excluding carboxylic acids is 2. The van der Waals surface area contributed by atoms with Crippen molar-refractivity contribution in [3.63, 3.8) is 0 Å². The summed E-state index contributed by atoms with van der Waals surface area (Å²) in [5.41, 5.74) is 0.891. The quantitative estimate of drug-likeness (QED) is 0.619. The molecule has 6 heteroatoms. The van der Waals surface area contributed by atoms with Crippen LogP contribution in [-0.4, -0.2) is 38.2 Å². The summed E-state index contributed by atoms with van der Waals surface area (Å²) in [5.74, 6) is 0.217. The lowest BCUT2D eigenvalue weighted by molar-refractivity contribution is -0.140. The molecule has 108 valence electrons. The van der Waals surface area contributed by atoms with Gasteiger partial charge in [-0.05, 0) is 18.6 Å². The summed E-state index contributed by atoms with van der Waals surface area (Å²) >= 11 is 0. The van der Waals surface area contributed by atoms with Gasteiger partial charge in [-0.25, -0.2) is 0 Å². The monoisotopic (exact) mass is 278 g/mol. The fourth-order valence-corrected chi connectivity index (χ4v) is 1.92. The number of fused-ring (bicyclic) bond motifs is 1. The lowest BCUT2D eigenvalue weighted by Crippen LogP contribution is -2.45. The average molecular weight is 278 g/mol. The van der Waals surface area contributed by atoms with Crippen molar-refractivity contribution in [1.29, 1.82) is 0 Å². The third-order valence-corrected chi connectivity index (χ3v) is 3.01. The Morgan fingerprint density at radius 3 is 3.05 bits per heavy atom. The lowest BCUT2D eigenvalue weighted by Gasteiger charge is -2.26. The molecule has 1 unspecified atom stereocenters. The van der Waals surface area contributed by atoms with E-state index in [-0.39, 0.29) is 11.9 Å². The molecule has 1 aliphatic heterocycles. The van der Waals surface area contributed by atoms with Crippen LogP contribution in [0.3, 0.4) is 0 Å². The molecular weight excluding hydrogens is 260 g/mol. The summed E-state index contributed by atoms with van der Waals surface area (Å²) < 4.78 is 10.2. The highest BCUT2D eigenvalue weighted by atomic mass is 16.5. The van der Waals surface area contributed by atoms with Crippen molar-refractivity contribution in [3.8, 4) is 5.75 Å². The van der Waals surface area contributed by atoms with Gasteiger partial charge in [0.1, 0.15) is 5.75 Å². The van der Waals surface area contributed by atoms with Crippen molar-refractivity contribution in [2.45, 2.75) is 18.9 Å². The number of esters is 1. The third kappa shape index (κ3) is 3.63. The van der Waals surface area contributed by atoms with Crippen LogP contribution in [0.2, 0.25) is 0 Å². The SMILES string of the molecule is COC(=O)CCCNC(=O)C1CNc2ccccc2O1. The van der Waals surface area contributed by atoms with E-state index in [1.807, 2.05) is 24.3 Å². The van der Waals surface area contributed by atoms with Crippen molar-refractivity contribution >= 4 is 17.6 Å². The Balaban J connectivity index is 1.76. The number of amides is 1. The Hall–Kier alpha value is -2.24. The highest BCUT2D eigenvalue weighted by Crippen LogP contribution is 2.28. The number of rotatable bonds is 5. The molecule has 0 aliphatic carbocycles. The Bertz CT molecular complexity index is 490. The van der Waals surface area contributed by atoms with E-state index in [4.69, 9.17) is 4.74 Å². The van der Waals surface area contributed by atoms with Crippen LogP contribution in [0.1, 0.15) is 12.8 Å². The molecule has 0 fully saturated rings. The predicted molar refractivity (Wildman–Crippen MR) is 73.6 cm³/mol. The summed E-state index contributed by atoms with van der Waals surface area (Å²) in [5, 5.41) is 5.90. The second kappa shape index (κ2) is 6.79. The largest absolute Gasteiger partial charge is 0.477 e. The zero-order valence-corrected chi connectivity index (χ0v) is 11.3. The van der Waals surface area contributed by atoms with E-state index < -0.39 is 6.10 Å². The van der Waals surface area contributed by atoms with Crippen LogP contribution < -0.4 is 15.4 Å². The summed E-state index contributed by atoms with van der Waals surface area (Å²) in [4.78, 5) is 22.9. The highest BCUT2D eigenvalue weighted by Gasteiger charge is 2.25. The molecule has 0 radical (unpaired) electrons. The van der Waals surface area contributed by atoms with Crippen molar-refractivity contribution in [1.82, 2.24) is 5.32 Å². The van der Waals surface area contributed by atoms with E-state index in [1.165, 1.54) is 7.11 Å². The maximum absolute atomic E-state index is 11.9. The van der Waals surface area contributed by atoms with E-state index >= 15 is 0 Å². The maximum atomic E-state index is 11.9. The maximum Gasteiger partial charge on any atom is 0.305 e. The van der Waals surface area contributed by atoms with Crippen molar-refractivity contribution < 1.29 is 19.1 Å². The molecular formula is C14H18N2O4. The first-order valence-electron chi connectivity index (χ1n) is 6.55. The first kappa shape index (κ1) is 14.2. The summed E-state index contributed by atoms with van der Waals surface area (Å²) in [7, 11) is 1.35. The zero-order valence-electron chi connectivity index (χ0n) is 11.3. The third-order valence-electron chi connectivity index (χ3n) is 3.01. The van der Waals surface area contributed by atoms with Crippen LogP contribution in [0.15, 0.2) is 24.3 Å². The van der Waals surface area contributed by atoms with Gasteiger partial charge in [-0.15, -0.1) is 0 Å². The summed E-state index contributed by atoms with van der Waals surface area (Å²) in [6.07, 6.45) is 0.293. The molecule has 1 heterocycles. The van der Waals surface area contributed by atoms with Gasteiger partial charge in [-0.1, -0.05) is 12.1 Å². The molecule has 6 nitrogen and oxygen atoms in total. The molecule has 0 saturated carbocycles. The molecule has 1 aliphatic rings. The van der Waals surface area contributed by atoms with Gasteiger partial charge in [0, 0.05) is 13.0 Å². The topological polar surface area (TPSA) is 76.7 Å². The molecule has 2 rings (SSSR count). The molecule has 0 aromatic heterocycles. The Labute approximate surface area is 117 Å². The van der Waals surface area contributed by atoms with E-state index in [0.29, 0.717) is 31.7 Å². The highest BCUT2D eigenvalue weighted by molar-refractivity contribution is 5.83. The van der Waals surface area contributed by atoms with Gasteiger partial charge in [0.05, 0.1) is 19.3 Å². The van der Waals surface area contributed by atoms with E-state index in [2.05, 4.69) is 15.4 Å². The van der Waals surface area contributed by atoms with Crippen LogP contribution >= 0.6 is 0 Å². The number of ether oxygens (including phenoxy) is 2. The molecule has 0 bridgehead atoms. The Kier molecular flexibility index (Phi) is 4.81. The van der Waals surface area contributed by atoms with Gasteiger partial charge < -0.3 is 20.1 Å². The van der Waals surface area contributed by atoms with Crippen molar-refractivity contribution in [3.05, 3.63) is 24.3 Å². The minimum absolute atomic E-state index is 0.183. The average Bonchev–Trinajstić information content (AvgIpc) is 2.50. The number of hydrogen-bond donors (Lipinski definition) is 2. The van der Waals surface area contributed by atoms with Crippen LogP contribution in [0, 0.1) is 0 Å². The van der Waals surface area contributed by atoms with Gasteiger partial charge in [0.15, 0.2) is 6.10 Å². The molecule has 1 amide bonds. The van der Waals surface area contributed by atoms with Gasteiger partial charge >= 0.3 is 5.97 Å². The van der Waals surface area contributed by atoms with Gasteiger partial charge in [0.25, 0.3) is 5.91 Å². The normalized spacial score (nSPS) is 16.4. The minimum Gasteiger partial charge on any atom is -0.477 e. The van der Waals surface area contributed by atoms with Crippen LogP contribution in [0.4, 0.5) is 5.69 Å². The van der Waals surface area contributed by atoms with Crippen LogP contribution in [0.5, 0.6) is 5.75 Å². The van der Waals surface area contributed by atoms with E-state index in [1.54, 1.807) is 0 Å².